The van der Waals surface area contributed by atoms with Crippen LogP contribution in [0.3, 0.4) is 0 Å². The normalized spacial score (nSPS) is 17.1. The van der Waals surface area contributed by atoms with E-state index in [4.69, 9.17) is 9.26 Å². The van der Waals surface area contributed by atoms with E-state index >= 15 is 0 Å². The molecule has 0 amide bonds. The van der Waals surface area contributed by atoms with E-state index < -0.39 is 0 Å². The van der Waals surface area contributed by atoms with Crippen LogP contribution >= 0.6 is 0 Å². The maximum Gasteiger partial charge on any atom is 0.243 e. The van der Waals surface area contributed by atoms with Gasteiger partial charge in [-0.15, -0.1) is 0 Å². The zero-order valence-corrected chi connectivity index (χ0v) is 14.7. The van der Waals surface area contributed by atoms with Crippen molar-refractivity contribution in [3.05, 3.63) is 23.5 Å². The van der Waals surface area contributed by atoms with Crippen LogP contribution < -0.4 is 9.64 Å². The number of rotatable bonds is 5. The van der Waals surface area contributed by atoms with Gasteiger partial charge in [-0.3, -0.25) is 4.90 Å². The first-order valence-corrected chi connectivity index (χ1v) is 8.34. The van der Waals surface area contributed by atoms with Crippen molar-refractivity contribution in [1.29, 1.82) is 0 Å². The fourth-order valence-corrected chi connectivity index (χ4v) is 2.84. The highest BCUT2D eigenvalue weighted by molar-refractivity contribution is 5.35. The van der Waals surface area contributed by atoms with Crippen molar-refractivity contribution in [2.75, 3.05) is 37.7 Å². The predicted molar refractivity (Wildman–Crippen MR) is 89.2 cm³/mol. The number of ether oxygens (including phenoxy) is 1. The summed E-state index contributed by atoms with van der Waals surface area (Å²) in [6.07, 6.45) is 0. The molecule has 2 aromatic rings. The van der Waals surface area contributed by atoms with Crippen molar-refractivity contribution in [2.24, 2.45) is 0 Å². The number of aryl methyl sites for hydroxylation is 2. The van der Waals surface area contributed by atoms with Crippen LogP contribution in [0.5, 0.6) is 5.88 Å². The Bertz CT molecular complexity index is 681. The predicted octanol–water partition coefficient (Wildman–Crippen LogP) is 1.76. The molecule has 24 heavy (non-hydrogen) atoms. The molecule has 0 aliphatic carbocycles. The molecule has 1 fully saturated rings. The van der Waals surface area contributed by atoms with Crippen LogP contribution in [0.4, 0.5) is 5.95 Å². The molecule has 3 heterocycles. The van der Waals surface area contributed by atoms with E-state index in [9.17, 15) is 0 Å². The standard InChI is InChI=1S/C16H24N6O2/c1-5-23-14-10-11(2)17-16(19-14)22-8-6-21(7-9-22)12(3)15-18-13(4)20-24-15/h10,12H,5-9H2,1-4H3. The van der Waals surface area contributed by atoms with Gasteiger partial charge in [0.1, 0.15) is 0 Å². The molecule has 130 valence electrons. The minimum absolute atomic E-state index is 0.116. The molecule has 0 radical (unpaired) electrons. The second-order valence-corrected chi connectivity index (χ2v) is 5.96. The van der Waals surface area contributed by atoms with Crippen LogP contribution in [0.1, 0.15) is 37.3 Å². The first-order chi connectivity index (χ1) is 11.6. The molecule has 1 aliphatic heterocycles. The van der Waals surface area contributed by atoms with Crippen molar-refractivity contribution in [3.8, 4) is 5.88 Å². The Morgan fingerprint density at radius 2 is 1.92 bits per heavy atom. The van der Waals surface area contributed by atoms with E-state index in [0.29, 0.717) is 24.2 Å². The fraction of sp³-hybridized carbons (Fsp3) is 0.625. The highest BCUT2D eigenvalue weighted by Gasteiger charge is 2.26. The monoisotopic (exact) mass is 332 g/mol. The lowest BCUT2D eigenvalue weighted by Gasteiger charge is -2.36. The number of piperazine rings is 1. The maximum absolute atomic E-state index is 5.52. The summed E-state index contributed by atoms with van der Waals surface area (Å²) in [4.78, 5) is 17.9. The van der Waals surface area contributed by atoms with Crippen molar-refractivity contribution in [2.45, 2.75) is 33.7 Å². The van der Waals surface area contributed by atoms with E-state index in [1.165, 1.54) is 0 Å². The summed E-state index contributed by atoms with van der Waals surface area (Å²) in [6, 6.07) is 1.98. The zero-order chi connectivity index (χ0) is 17.1. The summed E-state index contributed by atoms with van der Waals surface area (Å²) in [5.74, 6) is 2.72. The molecule has 0 saturated carbocycles. The molecule has 1 unspecified atom stereocenters. The summed E-state index contributed by atoms with van der Waals surface area (Å²) < 4.78 is 10.8. The van der Waals surface area contributed by atoms with Gasteiger partial charge in [0.25, 0.3) is 0 Å². The summed E-state index contributed by atoms with van der Waals surface area (Å²) in [5.41, 5.74) is 0.917. The van der Waals surface area contributed by atoms with Gasteiger partial charge < -0.3 is 14.2 Å². The van der Waals surface area contributed by atoms with Crippen LogP contribution in [0.15, 0.2) is 10.6 Å². The van der Waals surface area contributed by atoms with Gasteiger partial charge in [0.15, 0.2) is 5.82 Å². The number of hydrogen-bond acceptors (Lipinski definition) is 8. The molecule has 1 saturated heterocycles. The number of anilines is 1. The summed E-state index contributed by atoms with van der Waals surface area (Å²) in [7, 11) is 0. The van der Waals surface area contributed by atoms with Gasteiger partial charge >= 0.3 is 0 Å². The smallest absolute Gasteiger partial charge is 0.243 e. The highest BCUT2D eigenvalue weighted by Crippen LogP contribution is 2.22. The van der Waals surface area contributed by atoms with Crippen LogP contribution in [0.25, 0.3) is 0 Å². The molecule has 1 aliphatic rings. The summed E-state index contributed by atoms with van der Waals surface area (Å²) >= 11 is 0. The third-order valence-electron chi connectivity index (χ3n) is 4.16. The number of hydrogen-bond donors (Lipinski definition) is 0. The Labute approximate surface area is 141 Å². The van der Waals surface area contributed by atoms with Gasteiger partial charge in [0.05, 0.1) is 12.6 Å². The van der Waals surface area contributed by atoms with E-state index in [1.807, 2.05) is 26.8 Å². The highest BCUT2D eigenvalue weighted by atomic mass is 16.5. The van der Waals surface area contributed by atoms with Crippen LogP contribution in [-0.4, -0.2) is 57.8 Å². The Balaban J connectivity index is 1.64. The van der Waals surface area contributed by atoms with Gasteiger partial charge in [-0.2, -0.15) is 9.97 Å². The third-order valence-corrected chi connectivity index (χ3v) is 4.16. The topological polar surface area (TPSA) is 80.4 Å². The lowest BCUT2D eigenvalue weighted by molar-refractivity contribution is 0.163. The van der Waals surface area contributed by atoms with Crippen molar-refractivity contribution in [1.82, 2.24) is 25.0 Å². The summed E-state index contributed by atoms with van der Waals surface area (Å²) in [5, 5.41) is 3.87. The molecular formula is C16H24N6O2. The second kappa shape index (κ2) is 7.12. The van der Waals surface area contributed by atoms with Crippen molar-refractivity contribution >= 4 is 5.95 Å². The molecule has 0 bridgehead atoms. The van der Waals surface area contributed by atoms with E-state index in [1.54, 1.807) is 0 Å². The van der Waals surface area contributed by atoms with Gasteiger partial charge in [-0.25, -0.2) is 4.98 Å². The minimum atomic E-state index is 0.116. The van der Waals surface area contributed by atoms with Gasteiger partial charge in [-0.1, -0.05) is 5.16 Å². The van der Waals surface area contributed by atoms with E-state index in [0.717, 1.165) is 37.8 Å². The molecule has 0 aromatic carbocycles. The minimum Gasteiger partial charge on any atom is -0.478 e. The van der Waals surface area contributed by atoms with Crippen LogP contribution in [0, 0.1) is 13.8 Å². The molecule has 0 spiro atoms. The largest absolute Gasteiger partial charge is 0.478 e. The molecular weight excluding hydrogens is 308 g/mol. The average molecular weight is 332 g/mol. The molecule has 0 N–H and O–H groups in total. The van der Waals surface area contributed by atoms with Crippen molar-refractivity contribution < 1.29 is 9.26 Å². The average Bonchev–Trinajstić information content (AvgIpc) is 3.00. The molecule has 8 nitrogen and oxygen atoms in total. The lowest BCUT2D eigenvalue weighted by Crippen LogP contribution is -2.47. The molecule has 8 heteroatoms. The Morgan fingerprint density at radius 3 is 2.54 bits per heavy atom. The van der Waals surface area contributed by atoms with Crippen molar-refractivity contribution in [3.63, 3.8) is 0 Å². The lowest BCUT2D eigenvalue weighted by atomic mass is 10.2. The zero-order valence-electron chi connectivity index (χ0n) is 14.7. The summed E-state index contributed by atoms with van der Waals surface area (Å²) in [6.45, 7) is 11.9. The number of nitrogens with zero attached hydrogens (tertiary/aromatic N) is 6. The first-order valence-electron chi connectivity index (χ1n) is 8.34. The Kier molecular flexibility index (Phi) is 4.94. The molecule has 2 aromatic heterocycles. The van der Waals surface area contributed by atoms with Crippen LogP contribution in [-0.2, 0) is 0 Å². The molecule has 1 atom stereocenters. The molecule has 3 rings (SSSR count). The number of aromatic nitrogens is 4. The quantitative estimate of drug-likeness (QED) is 0.819. The van der Waals surface area contributed by atoms with Gasteiger partial charge in [-0.05, 0) is 27.7 Å². The van der Waals surface area contributed by atoms with Gasteiger partial charge in [0, 0.05) is 37.9 Å². The maximum atomic E-state index is 5.52. The second-order valence-electron chi connectivity index (χ2n) is 5.96. The SMILES string of the molecule is CCOc1cc(C)nc(N2CCN(C(C)c3nc(C)no3)CC2)n1. The van der Waals surface area contributed by atoms with Crippen LogP contribution in [0.2, 0.25) is 0 Å². The van der Waals surface area contributed by atoms with Gasteiger partial charge in [0.2, 0.25) is 17.7 Å². The Morgan fingerprint density at radius 1 is 1.17 bits per heavy atom. The van der Waals surface area contributed by atoms with E-state index in [2.05, 4.69) is 36.8 Å². The van der Waals surface area contributed by atoms with E-state index in [-0.39, 0.29) is 6.04 Å². The first kappa shape index (κ1) is 16.6. The fourth-order valence-electron chi connectivity index (χ4n) is 2.84. The Hall–Kier alpha value is -2.22. The third kappa shape index (κ3) is 3.64.